The van der Waals surface area contributed by atoms with Crippen molar-refractivity contribution in [3.63, 3.8) is 0 Å². The van der Waals surface area contributed by atoms with E-state index < -0.39 is 15.2 Å². The van der Waals surface area contributed by atoms with Crippen LogP contribution in [0.15, 0.2) is 21.5 Å². The second-order valence-electron chi connectivity index (χ2n) is 13.5. The van der Waals surface area contributed by atoms with Crippen LogP contribution in [0.25, 0.3) is 0 Å². The zero-order valence-corrected chi connectivity index (χ0v) is 21.7. The van der Waals surface area contributed by atoms with Gasteiger partial charge in [0.25, 0.3) is 0 Å². The minimum absolute atomic E-state index is 0. The van der Waals surface area contributed by atoms with E-state index in [0.717, 1.165) is 0 Å². The third kappa shape index (κ3) is 4.51. The molecule has 0 amide bonds. The van der Waals surface area contributed by atoms with Crippen LogP contribution in [0.4, 0.5) is 0 Å². The molecule has 0 aromatic heterocycles. The van der Waals surface area contributed by atoms with Gasteiger partial charge in [-0.25, -0.2) is 0 Å². The van der Waals surface area contributed by atoms with E-state index >= 15 is 0 Å². The smallest absolute Gasteiger partial charge is 0.147 e. The molecule has 0 nitrogen and oxygen atoms in total. The van der Waals surface area contributed by atoms with Gasteiger partial charge in [0.05, 0.1) is 0 Å². The Morgan fingerprint density at radius 3 is 1.41 bits per heavy atom. The molecule has 0 spiro atoms. The van der Waals surface area contributed by atoms with Gasteiger partial charge in [-0.05, 0) is 0 Å². The van der Waals surface area contributed by atoms with Crippen molar-refractivity contribution in [2.75, 3.05) is 0 Å². The molecule has 0 aliphatic heterocycles. The summed E-state index contributed by atoms with van der Waals surface area (Å²) in [4.78, 5) is 0. The summed E-state index contributed by atoms with van der Waals surface area (Å²) in [7, 11) is 0. The molecule has 0 saturated heterocycles. The molecule has 1 rings (SSSR count). The zero-order valence-electron chi connectivity index (χ0n) is 16.7. The van der Waals surface area contributed by atoms with E-state index in [1.165, 1.54) is 6.42 Å². The first-order valence-corrected chi connectivity index (χ1v) is 26.3. The van der Waals surface area contributed by atoms with Gasteiger partial charge in [-0.1, -0.05) is 0 Å². The van der Waals surface area contributed by atoms with Gasteiger partial charge in [0.15, 0.2) is 0 Å². The Labute approximate surface area is 147 Å². The first-order chi connectivity index (χ1) is 8.22. The molecule has 0 saturated carbocycles. The second-order valence-corrected chi connectivity index (χ2v) is 73.0. The maximum Gasteiger partial charge on any atom is -0.147 e. The monoisotopic (exact) mass is 447 g/mol. The van der Waals surface area contributed by atoms with E-state index in [9.17, 15) is 0 Å². The van der Waals surface area contributed by atoms with Gasteiger partial charge in [-0.15, -0.1) is 24.8 Å². The fraction of sp³-hybridized carbons (Fsp3) is 0.778. The van der Waals surface area contributed by atoms with E-state index in [4.69, 9.17) is 0 Å². The fourth-order valence-corrected chi connectivity index (χ4v) is 79.0. The predicted molar refractivity (Wildman–Crippen MR) is 112 cm³/mol. The van der Waals surface area contributed by atoms with Gasteiger partial charge >= 0.3 is 123 Å². The summed E-state index contributed by atoms with van der Waals surface area (Å²) in [5.74, 6) is 0. The van der Waals surface area contributed by atoms with Crippen molar-refractivity contribution in [3.05, 3.63) is 21.5 Å². The molecule has 0 unspecified atom stereocenters. The van der Waals surface area contributed by atoms with E-state index in [1.807, 2.05) is 0 Å². The van der Waals surface area contributed by atoms with Crippen LogP contribution in [0.2, 0.25) is 23.2 Å². The van der Waals surface area contributed by atoms with Crippen LogP contribution in [-0.4, -0.2) is 10.3 Å². The maximum atomic E-state index is 2.71. The van der Waals surface area contributed by atoms with E-state index in [0.29, 0.717) is 10.3 Å². The molecular weight excluding hydrogens is 409 g/mol. The molecule has 22 heavy (non-hydrogen) atoms. The summed E-state index contributed by atoms with van der Waals surface area (Å²) in [5, 5.41) is 0.563. The Bertz CT molecular complexity index is 486. The van der Waals surface area contributed by atoms with E-state index in [1.54, 1.807) is 3.28 Å². The summed E-state index contributed by atoms with van der Waals surface area (Å²) in [6, 6.07) is 0. The van der Waals surface area contributed by atoms with Crippen molar-refractivity contribution < 1.29 is 15.2 Å². The minimum Gasteiger partial charge on any atom is -0.147 e. The molecular formula is C18H40Cl2PZr. The molecule has 135 valence electrons. The summed E-state index contributed by atoms with van der Waals surface area (Å²) in [5.41, 5.74) is 0. The normalized spacial score (nSPS) is 20.9. The van der Waals surface area contributed by atoms with Crippen molar-refractivity contribution in [3.8, 4) is 0 Å². The van der Waals surface area contributed by atoms with Crippen LogP contribution >= 0.6 is 30.0 Å². The Hall–Kier alpha value is 1.37. The Balaban J connectivity index is 0. The molecule has 0 fully saturated rings. The summed E-state index contributed by atoms with van der Waals surface area (Å²) >= 11 is -3.99. The summed E-state index contributed by atoms with van der Waals surface area (Å²) in [6.07, 6.45) is 8.26. The fourth-order valence-electron chi connectivity index (χ4n) is 6.30. The number of halogens is 2. The van der Waals surface area contributed by atoms with Crippen LogP contribution in [-0.2, 0) is 15.2 Å². The van der Waals surface area contributed by atoms with Crippen LogP contribution < -0.4 is 0 Å². The quantitative estimate of drug-likeness (QED) is 0.370. The Morgan fingerprint density at radius 1 is 0.818 bits per heavy atom. The van der Waals surface area contributed by atoms with Gasteiger partial charge in [-0.3, -0.25) is 0 Å². The molecule has 0 radical (unpaired) electrons. The first kappa shape index (κ1) is 25.6. The molecule has 0 atom stereocenters. The molecule has 0 N–H and O–H groups in total. The van der Waals surface area contributed by atoms with Gasteiger partial charge < -0.3 is 0 Å². The Kier molecular flexibility index (Phi) is 6.04. The van der Waals surface area contributed by atoms with Crippen molar-refractivity contribution in [1.29, 1.82) is 0 Å². The molecule has 0 aromatic carbocycles. The van der Waals surface area contributed by atoms with Crippen molar-refractivity contribution in [2.45, 2.75) is 81.4 Å². The standard InChI is InChI=1S/C8H18P.C5H5.5CH3.2ClH.Zr/c1-7(2,3)9-8(4,5)6;1-2-4-5-3-1;;;;;;;;/h1-6H3;1-3H,4H2;5*1H3;2*1H;/q-1;;;;;;;;;+1. The van der Waals surface area contributed by atoms with Crippen LogP contribution in [0.3, 0.4) is 0 Å². The number of allylic oxidation sites excluding steroid dienone is 4. The van der Waals surface area contributed by atoms with Crippen molar-refractivity contribution in [1.82, 2.24) is 0 Å². The van der Waals surface area contributed by atoms with Crippen LogP contribution in [0.5, 0.6) is 0 Å². The molecule has 1 aliphatic carbocycles. The van der Waals surface area contributed by atoms with Crippen LogP contribution in [0.1, 0.15) is 48.0 Å². The van der Waals surface area contributed by atoms with Crippen molar-refractivity contribution >= 4 is 30.0 Å². The zero-order chi connectivity index (χ0) is 16.4. The number of rotatable bonds is 2. The molecule has 1 aliphatic rings. The van der Waals surface area contributed by atoms with Gasteiger partial charge in [-0.2, -0.15) is 0 Å². The van der Waals surface area contributed by atoms with Gasteiger partial charge in [0.1, 0.15) is 0 Å². The number of hydrogen-bond acceptors (Lipinski definition) is 0. The average Bonchev–Trinajstić information content (AvgIpc) is 2.41. The van der Waals surface area contributed by atoms with E-state index in [2.05, 4.69) is 82.9 Å². The SMILES string of the molecule is CC(C)(C)[P](C(C)(C)C)[Zr]([CH3])([CH3])([CH3])([CH3])([CH3])[C]1=CC=CC1.Cl.Cl. The third-order valence-electron chi connectivity index (χ3n) is 5.09. The van der Waals surface area contributed by atoms with E-state index in [-0.39, 0.29) is 30.0 Å². The first-order valence-electron chi connectivity index (χ1n) is 8.14. The summed E-state index contributed by atoms with van der Waals surface area (Å²) in [6.45, 7) is 14.8. The summed E-state index contributed by atoms with van der Waals surface area (Å²) < 4.78 is 15.3. The molecule has 0 heterocycles. The number of hydrogen-bond donors (Lipinski definition) is 0. The Morgan fingerprint density at radius 2 is 1.18 bits per heavy atom. The largest absolute Gasteiger partial charge is 0.147 e. The van der Waals surface area contributed by atoms with Gasteiger partial charge in [0.2, 0.25) is 0 Å². The van der Waals surface area contributed by atoms with Crippen molar-refractivity contribution in [2.24, 2.45) is 0 Å². The topological polar surface area (TPSA) is 0 Å². The van der Waals surface area contributed by atoms with Gasteiger partial charge in [0, 0.05) is 0 Å². The minimum atomic E-state index is -3.99. The molecule has 0 aromatic rings. The third-order valence-corrected chi connectivity index (χ3v) is 49.5. The second kappa shape index (κ2) is 5.19. The predicted octanol–water partition coefficient (Wildman–Crippen LogP) is 8.67. The molecule has 0 bridgehead atoms. The maximum absolute atomic E-state index is 3.99. The molecule has 4 heteroatoms. The average molecular weight is 450 g/mol. The van der Waals surface area contributed by atoms with Crippen LogP contribution in [0, 0.1) is 0 Å².